The van der Waals surface area contributed by atoms with E-state index in [9.17, 15) is 5.11 Å². The molecule has 2 aromatic carbocycles. The maximum Gasteiger partial charge on any atom is 0.123 e. The van der Waals surface area contributed by atoms with Gasteiger partial charge in [-0.05, 0) is 41.3 Å². The second kappa shape index (κ2) is 8.60. The number of pyridine rings is 1. The Bertz CT molecular complexity index is 805. The minimum absolute atomic E-state index is 0.135. The monoisotopic (exact) mass is 336 g/mol. The highest BCUT2D eigenvalue weighted by Crippen LogP contribution is 2.27. The van der Waals surface area contributed by atoms with Crippen molar-refractivity contribution in [1.29, 1.82) is 0 Å². The number of aliphatic hydroxyl groups is 1. The summed E-state index contributed by atoms with van der Waals surface area (Å²) in [5.74, 6) is 1.02. The van der Waals surface area contributed by atoms with Gasteiger partial charge in [0.25, 0.3) is 0 Å². The highest BCUT2D eigenvalue weighted by molar-refractivity contribution is 5.87. The highest BCUT2D eigenvalue weighted by atomic mass is 16.5. The lowest BCUT2D eigenvalue weighted by Crippen LogP contribution is -2.27. The van der Waals surface area contributed by atoms with Crippen LogP contribution >= 0.6 is 0 Å². The Labute approximate surface area is 148 Å². The summed E-state index contributed by atoms with van der Waals surface area (Å²) in [6, 6.07) is 18.3. The van der Waals surface area contributed by atoms with E-state index in [4.69, 9.17) is 4.74 Å². The van der Waals surface area contributed by atoms with E-state index in [0.717, 1.165) is 30.0 Å². The van der Waals surface area contributed by atoms with E-state index in [1.807, 2.05) is 36.4 Å². The summed E-state index contributed by atoms with van der Waals surface area (Å²) in [4.78, 5) is 4.34. The van der Waals surface area contributed by atoms with Gasteiger partial charge in [-0.2, -0.15) is 0 Å². The number of fused-ring (bicyclic) bond motifs is 1. The molecule has 1 aromatic heterocycles. The summed E-state index contributed by atoms with van der Waals surface area (Å²) in [6.45, 7) is 1.55. The summed E-state index contributed by atoms with van der Waals surface area (Å²) >= 11 is 0. The van der Waals surface area contributed by atoms with Gasteiger partial charge in [-0.3, -0.25) is 4.98 Å². The van der Waals surface area contributed by atoms with E-state index in [0.29, 0.717) is 6.54 Å². The molecule has 1 atom stereocenters. The van der Waals surface area contributed by atoms with Crippen LogP contribution in [0, 0.1) is 5.92 Å². The molecule has 1 heterocycles. The lowest BCUT2D eigenvalue weighted by atomic mass is 10.0. The summed E-state index contributed by atoms with van der Waals surface area (Å²) in [5.41, 5.74) is 2.15. The molecule has 0 amide bonds. The number of rotatable bonds is 8. The van der Waals surface area contributed by atoms with Gasteiger partial charge in [0.1, 0.15) is 5.75 Å². The van der Waals surface area contributed by atoms with Crippen molar-refractivity contribution < 1.29 is 9.84 Å². The Kier molecular flexibility index (Phi) is 5.99. The third kappa shape index (κ3) is 4.35. The topological polar surface area (TPSA) is 54.4 Å². The predicted molar refractivity (Wildman–Crippen MR) is 101 cm³/mol. The maximum atomic E-state index is 9.66. The number of aliphatic hydroxyl groups excluding tert-OH is 1. The van der Waals surface area contributed by atoms with Gasteiger partial charge in [0.15, 0.2) is 0 Å². The minimum Gasteiger partial charge on any atom is -0.496 e. The highest BCUT2D eigenvalue weighted by Gasteiger charge is 2.12. The number of hydrogen-bond donors (Lipinski definition) is 2. The predicted octanol–water partition coefficient (Wildman–Crippen LogP) is 3.18. The molecule has 0 saturated heterocycles. The van der Waals surface area contributed by atoms with Crippen molar-refractivity contribution >= 4 is 10.8 Å². The Hall–Kier alpha value is -2.43. The normalized spacial score (nSPS) is 12.2. The van der Waals surface area contributed by atoms with Crippen molar-refractivity contribution in [2.75, 3.05) is 20.3 Å². The number of hydrogen-bond acceptors (Lipinski definition) is 4. The summed E-state index contributed by atoms with van der Waals surface area (Å²) in [5, 5.41) is 15.5. The molecule has 1 unspecified atom stereocenters. The van der Waals surface area contributed by atoms with Crippen LogP contribution in [0.15, 0.2) is 60.8 Å². The van der Waals surface area contributed by atoms with Gasteiger partial charge < -0.3 is 15.2 Å². The maximum absolute atomic E-state index is 9.66. The molecule has 25 heavy (non-hydrogen) atoms. The Morgan fingerprint density at radius 2 is 1.92 bits per heavy atom. The zero-order chi connectivity index (χ0) is 17.5. The average Bonchev–Trinajstić information content (AvgIpc) is 2.68. The van der Waals surface area contributed by atoms with Crippen LogP contribution in [0.3, 0.4) is 0 Å². The molecule has 0 bridgehead atoms. The molecule has 130 valence electrons. The first-order chi connectivity index (χ1) is 12.3. The molecule has 3 rings (SSSR count). The molecule has 4 heteroatoms. The zero-order valence-corrected chi connectivity index (χ0v) is 14.5. The van der Waals surface area contributed by atoms with Gasteiger partial charge in [-0.15, -0.1) is 0 Å². The van der Waals surface area contributed by atoms with Crippen LogP contribution in [0.5, 0.6) is 5.75 Å². The van der Waals surface area contributed by atoms with Crippen molar-refractivity contribution in [1.82, 2.24) is 10.3 Å². The van der Waals surface area contributed by atoms with Gasteiger partial charge in [0.05, 0.1) is 7.11 Å². The second-order valence-electron chi connectivity index (χ2n) is 6.17. The molecule has 0 aliphatic rings. The molecule has 0 aliphatic carbocycles. The van der Waals surface area contributed by atoms with E-state index < -0.39 is 0 Å². The van der Waals surface area contributed by atoms with Crippen molar-refractivity contribution in [3.8, 4) is 5.75 Å². The molecule has 0 spiro atoms. The number of aromatic nitrogens is 1. The number of nitrogens with one attached hydrogen (secondary N) is 1. The number of ether oxygens (including phenoxy) is 1. The van der Waals surface area contributed by atoms with Gasteiger partial charge in [0.2, 0.25) is 0 Å². The van der Waals surface area contributed by atoms with E-state index >= 15 is 0 Å². The molecule has 0 saturated carbocycles. The van der Waals surface area contributed by atoms with Gasteiger partial charge in [-0.25, -0.2) is 0 Å². The first kappa shape index (κ1) is 17.4. The SMILES string of the molecule is COc1ccc2ccccc2c1CNCC(CO)Cc1ccccn1. The molecule has 4 nitrogen and oxygen atoms in total. The molecule has 2 N–H and O–H groups in total. The first-order valence-electron chi connectivity index (χ1n) is 8.58. The molecule has 3 aromatic rings. The van der Waals surface area contributed by atoms with Crippen LogP contribution in [0.25, 0.3) is 10.8 Å². The van der Waals surface area contributed by atoms with Gasteiger partial charge in [-0.1, -0.05) is 36.4 Å². The van der Waals surface area contributed by atoms with Crippen LogP contribution in [0.2, 0.25) is 0 Å². The van der Waals surface area contributed by atoms with E-state index in [1.165, 1.54) is 10.8 Å². The first-order valence-corrected chi connectivity index (χ1v) is 8.58. The minimum atomic E-state index is 0.135. The number of benzene rings is 2. The number of methoxy groups -OCH3 is 1. The molecular formula is C21H24N2O2. The molecular weight excluding hydrogens is 312 g/mol. The van der Waals surface area contributed by atoms with E-state index in [-0.39, 0.29) is 12.5 Å². The standard InChI is InChI=1S/C21H24N2O2/c1-25-21-10-9-17-6-2-3-8-19(17)20(21)14-22-13-16(15-24)12-18-7-4-5-11-23-18/h2-11,16,22,24H,12-15H2,1H3. The van der Waals surface area contributed by atoms with Gasteiger partial charge in [0, 0.05) is 37.2 Å². The largest absolute Gasteiger partial charge is 0.496 e. The van der Waals surface area contributed by atoms with Crippen molar-refractivity contribution in [3.05, 3.63) is 72.1 Å². The Balaban J connectivity index is 1.67. The third-order valence-electron chi connectivity index (χ3n) is 4.43. The molecule has 0 radical (unpaired) electrons. The summed E-state index contributed by atoms with van der Waals surface area (Å²) < 4.78 is 5.53. The smallest absolute Gasteiger partial charge is 0.123 e. The second-order valence-corrected chi connectivity index (χ2v) is 6.17. The number of nitrogens with zero attached hydrogens (tertiary/aromatic N) is 1. The van der Waals surface area contributed by atoms with Crippen LogP contribution in [0.4, 0.5) is 0 Å². The molecule has 0 aliphatic heterocycles. The summed E-state index contributed by atoms with van der Waals surface area (Å²) in [7, 11) is 1.70. The fourth-order valence-electron chi connectivity index (χ4n) is 3.11. The molecule has 0 fully saturated rings. The fourth-order valence-corrected chi connectivity index (χ4v) is 3.11. The van der Waals surface area contributed by atoms with Crippen molar-refractivity contribution in [2.24, 2.45) is 5.92 Å². The van der Waals surface area contributed by atoms with Crippen LogP contribution in [-0.2, 0) is 13.0 Å². The lowest BCUT2D eigenvalue weighted by molar-refractivity contribution is 0.220. The Morgan fingerprint density at radius 1 is 1.08 bits per heavy atom. The van der Waals surface area contributed by atoms with Crippen LogP contribution in [-0.4, -0.2) is 30.4 Å². The quantitative estimate of drug-likeness (QED) is 0.663. The summed E-state index contributed by atoms with van der Waals surface area (Å²) in [6.07, 6.45) is 2.55. The fraction of sp³-hybridized carbons (Fsp3) is 0.286. The third-order valence-corrected chi connectivity index (χ3v) is 4.43. The van der Waals surface area contributed by atoms with Crippen LogP contribution in [0.1, 0.15) is 11.3 Å². The van der Waals surface area contributed by atoms with E-state index in [2.05, 4.69) is 28.5 Å². The lowest BCUT2D eigenvalue weighted by Gasteiger charge is -2.17. The van der Waals surface area contributed by atoms with E-state index in [1.54, 1.807) is 13.3 Å². The zero-order valence-electron chi connectivity index (χ0n) is 14.5. The average molecular weight is 336 g/mol. The van der Waals surface area contributed by atoms with Crippen LogP contribution < -0.4 is 10.1 Å². The van der Waals surface area contributed by atoms with Crippen molar-refractivity contribution in [2.45, 2.75) is 13.0 Å². The van der Waals surface area contributed by atoms with Crippen molar-refractivity contribution in [3.63, 3.8) is 0 Å². The van der Waals surface area contributed by atoms with Gasteiger partial charge >= 0.3 is 0 Å². The Morgan fingerprint density at radius 3 is 2.68 bits per heavy atom.